The molecule has 8 heteroatoms. The molecule has 0 aliphatic heterocycles. The van der Waals surface area contributed by atoms with Crippen molar-refractivity contribution in [2.75, 3.05) is 5.88 Å². The minimum absolute atomic E-state index is 0.0532. The highest BCUT2D eigenvalue weighted by atomic mass is 35.5. The predicted octanol–water partition coefficient (Wildman–Crippen LogP) is 2.39. The van der Waals surface area contributed by atoms with Gasteiger partial charge in [0.15, 0.2) is 0 Å². The standard InChI is InChI=1S/C16H17NO4S.C2H3ClO/c1-12-7-9-14(10-8-12)22(20,21)17-15(16(18)19)11-13-5-3-2-4-6-13;3-1-2-4/h2-10,15,17H,11H2,1H3,(H,18,19);2H,1H2. The number of benzene rings is 2. The average molecular weight is 398 g/mol. The fourth-order valence-corrected chi connectivity index (χ4v) is 3.19. The number of aryl methyl sites for hydroxylation is 1. The molecule has 0 bridgehead atoms. The first kappa shape index (κ1) is 21.8. The maximum atomic E-state index is 12.3. The van der Waals surface area contributed by atoms with Crippen molar-refractivity contribution in [1.29, 1.82) is 0 Å². The molecule has 0 aromatic heterocycles. The minimum Gasteiger partial charge on any atom is -0.480 e. The molecule has 2 rings (SSSR count). The van der Waals surface area contributed by atoms with E-state index in [1.54, 1.807) is 36.4 Å². The molecule has 0 aliphatic rings. The second kappa shape index (κ2) is 10.7. The number of rotatable bonds is 7. The Hall–Kier alpha value is -2.22. The van der Waals surface area contributed by atoms with Crippen LogP contribution in [-0.4, -0.2) is 37.7 Å². The summed E-state index contributed by atoms with van der Waals surface area (Å²) in [6, 6.07) is 13.9. The fraction of sp³-hybridized carbons (Fsp3) is 0.222. The normalized spacial score (nSPS) is 11.8. The lowest BCUT2D eigenvalue weighted by atomic mass is 10.1. The monoisotopic (exact) mass is 397 g/mol. The molecule has 1 unspecified atom stereocenters. The van der Waals surface area contributed by atoms with E-state index in [1.165, 1.54) is 12.1 Å². The summed E-state index contributed by atoms with van der Waals surface area (Å²) in [7, 11) is -3.87. The van der Waals surface area contributed by atoms with Gasteiger partial charge in [-0.15, -0.1) is 11.6 Å². The Bertz CT molecular complexity index is 807. The van der Waals surface area contributed by atoms with Crippen molar-refractivity contribution in [3.8, 4) is 0 Å². The molecule has 0 spiro atoms. The molecule has 2 aromatic carbocycles. The van der Waals surface area contributed by atoms with Crippen LogP contribution in [0.15, 0.2) is 59.5 Å². The van der Waals surface area contributed by atoms with Gasteiger partial charge in [-0.3, -0.25) is 4.79 Å². The maximum absolute atomic E-state index is 12.3. The number of aliphatic carboxylic acids is 1. The third-order valence-corrected chi connectivity index (χ3v) is 4.89. The van der Waals surface area contributed by atoms with Crippen LogP contribution < -0.4 is 4.72 Å². The summed E-state index contributed by atoms with van der Waals surface area (Å²) in [5, 5.41) is 9.26. The number of halogens is 1. The zero-order valence-corrected chi connectivity index (χ0v) is 15.7. The van der Waals surface area contributed by atoms with Crippen molar-refractivity contribution >= 4 is 33.9 Å². The Labute approximate surface area is 157 Å². The van der Waals surface area contributed by atoms with Crippen molar-refractivity contribution < 1.29 is 23.1 Å². The van der Waals surface area contributed by atoms with Gasteiger partial charge in [0.1, 0.15) is 12.3 Å². The number of carbonyl (C=O) groups is 2. The van der Waals surface area contributed by atoms with Crippen molar-refractivity contribution in [2.24, 2.45) is 0 Å². The molecule has 2 N–H and O–H groups in total. The number of alkyl halides is 1. The number of carboxylic acid groups (broad SMARTS) is 1. The molecule has 0 heterocycles. The molecule has 6 nitrogen and oxygen atoms in total. The second-order valence-corrected chi connectivity index (χ2v) is 7.36. The summed E-state index contributed by atoms with van der Waals surface area (Å²) < 4.78 is 26.8. The third kappa shape index (κ3) is 7.35. The molecular weight excluding hydrogens is 378 g/mol. The molecule has 0 fully saturated rings. The maximum Gasteiger partial charge on any atom is 0.322 e. The van der Waals surface area contributed by atoms with Crippen LogP contribution in [0.1, 0.15) is 11.1 Å². The van der Waals surface area contributed by atoms with Crippen molar-refractivity contribution in [3.63, 3.8) is 0 Å². The van der Waals surface area contributed by atoms with Crippen LogP contribution >= 0.6 is 11.6 Å². The number of carbonyl (C=O) groups excluding carboxylic acids is 1. The van der Waals surface area contributed by atoms with Gasteiger partial charge in [0.2, 0.25) is 10.0 Å². The minimum atomic E-state index is -3.87. The number of sulfonamides is 1. The molecule has 0 saturated heterocycles. The van der Waals surface area contributed by atoms with Crippen molar-refractivity contribution in [1.82, 2.24) is 4.72 Å². The van der Waals surface area contributed by atoms with E-state index in [-0.39, 0.29) is 17.2 Å². The topological polar surface area (TPSA) is 101 Å². The number of nitrogens with one attached hydrogen (secondary N) is 1. The number of hydrogen-bond donors (Lipinski definition) is 2. The Balaban J connectivity index is 0.000000765. The molecule has 26 heavy (non-hydrogen) atoms. The summed E-state index contributed by atoms with van der Waals surface area (Å²) in [6.45, 7) is 1.85. The predicted molar refractivity (Wildman–Crippen MR) is 99.9 cm³/mol. The molecule has 2 aromatic rings. The second-order valence-electron chi connectivity index (χ2n) is 5.34. The van der Waals surface area contributed by atoms with Gasteiger partial charge in [-0.1, -0.05) is 48.0 Å². The van der Waals surface area contributed by atoms with E-state index in [1.807, 2.05) is 13.0 Å². The van der Waals surface area contributed by atoms with E-state index in [9.17, 15) is 18.3 Å². The van der Waals surface area contributed by atoms with Gasteiger partial charge in [0.05, 0.1) is 10.8 Å². The Morgan fingerprint density at radius 3 is 2.15 bits per heavy atom. The first-order chi connectivity index (χ1) is 12.3. The highest BCUT2D eigenvalue weighted by Gasteiger charge is 2.25. The number of carboxylic acids is 1. The first-order valence-corrected chi connectivity index (χ1v) is 9.67. The third-order valence-electron chi connectivity index (χ3n) is 3.27. The van der Waals surface area contributed by atoms with Gasteiger partial charge in [-0.25, -0.2) is 8.42 Å². The van der Waals surface area contributed by atoms with Crippen LogP contribution in [0.4, 0.5) is 0 Å². The van der Waals surface area contributed by atoms with E-state index in [0.717, 1.165) is 11.1 Å². The van der Waals surface area contributed by atoms with Crippen LogP contribution in [0.5, 0.6) is 0 Å². The lowest BCUT2D eigenvalue weighted by molar-refractivity contribution is -0.138. The van der Waals surface area contributed by atoms with Crippen LogP contribution in [0.2, 0.25) is 0 Å². The van der Waals surface area contributed by atoms with E-state index in [0.29, 0.717) is 6.29 Å². The Morgan fingerprint density at radius 2 is 1.69 bits per heavy atom. The lowest BCUT2D eigenvalue weighted by Gasteiger charge is -2.15. The van der Waals surface area contributed by atoms with Gasteiger partial charge >= 0.3 is 5.97 Å². The number of aldehydes is 1. The summed E-state index contributed by atoms with van der Waals surface area (Å²) in [4.78, 5) is 20.4. The van der Waals surface area contributed by atoms with Gasteiger partial charge in [-0.2, -0.15) is 4.72 Å². The van der Waals surface area contributed by atoms with E-state index >= 15 is 0 Å². The largest absolute Gasteiger partial charge is 0.480 e. The van der Waals surface area contributed by atoms with Gasteiger partial charge in [0, 0.05) is 0 Å². The van der Waals surface area contributed by atoms with E-state index in [4.69, 9.17) is 16.4 Å². The zero-order valence-electron chi connectivity index (χ0n) is 14.1. The molecule has 140 valence electrons. The van der Waals surface area contributed by atoms with Crippen molar-refractivity contribution in [2.45, 2.75) is 24.3 Å². The molecule has 0 saturated carbocycles. The molecule has 1 atom stereocenters. The molecule has 0 aliphatic carbocycles. The lowest BCUT2D eigenvalue weighted by Crippen LogP contribution is -2.42. The van der Waals surface area contributed by atoms with Crippen LogP contribution in [0.25, 0.3) is 0 Å². The summed E-state index contributed by atoms with van der Waals surface area (Å²) in [5.41, 5.74) is 1.68. The SMILES string of the molecule is Cc1ccc(S(=O)(=O)NC(Cc2ccccc2)C(=O)O)cc1.O=CCCl. The van der Waals surface area contributed by atoms with Gasteiger partial charge in [0.25, 0.3) is 0 Å². The molecule has 0 radical (unpaired) electrons. The highest BCUT2D eigenvalue weighted by molar-refractivity contribution is 7.89. The van der Waals surface area contributed by atoms with Gasteiger partial charge < -0.3 is 9.90 Å². The average Bonchev–Trinajstić information content (AvgIpc) is 2.62. The van der Waals surface area contributed by atoms with Crippen molar-refractivity contribution in [3.05, 3.63) is 65.7 Å². The Morgan fingerprint density at radius 1 is 1.15 bits per heavy atom. The van der Waals surface area contributed by atoms with Crippen LogP contribution in [0, 0.1) is 6.92 Å². The first-order valence-electron chi connectivity index (χ1n) is 7.65. The van der Waals surface area contributed by atoms with Crippen LogP contribution in [0.3, 0.4) is 0 Å². The highest BCUT2D eigenvalue weighted by Crippen LogP contribution is 2.12. The van der Waals surface area contributed by atoms with E-state index in [2.05, 4.69) is 4.72 Å². The Kier molecular flexibility index (Phi) is 8.98. The van der Waals surface area contributed by atoms with E-state index < -0.39 is 22.0 Å². The molecule has 0 amide bonds. The summed E-state index contributed by atoms with van der Waals surface area (Å²) >= 11 is 4.82. The zero-order chi connectivity index (χ0) is 19.6. The number of hydrogen-bond acceptors (Lipinski definition) is 4. The fourth-order valence-electron chi connectivity index (χ4n) is 2.00. The summed E-state index contributed by atoms with van der Waals surface area (Å²) in [5.74, 6) is -1.10. The van der Waals surface area contributed by atoms with Gasteiger partial charge in [-0.05, 0) is 31.0 Å². The van der Waals surface area contributed by atoms with Crippen LogP contribution in [-0.2, 0) is 26.0 Å². The smallest absolute Gasteiger partial charge is 0.322 e. The molecular formula is C18H20ClNO5S. The quantitative estimate of drug-likeness (QED) is 0.552. The summed E-state index contributed by atoms with van der Waals surface area (Å²) in [6.07, 6.45) is 0.725.